The molecule has 0 spiro atoms. The van der Waals surface area contributed by atoms with Crippen molar-refractivity contribution >= 4 is 16.8 Å². The Labute approximate surface area is 167 Å². The van der Waals surface area contributed by atoms with Gasteiger partial charge >= 0.3 is 0 Å². The third-order valence-electron chi connectivity index (χ3n) is 7.16. The van der Waals surface area contributed by atoms with Crippen LogP contribution in [0, 0.1) is 5.92 Å². The maximum atomic E-state index is 13.7. The van der Waals surface area contributed by atoms with E-state index in [2.05, 4.69) is 28.9 Å². The van der Waals surface area contributed by atoms with Crippen LogP contribution in [0.4, 0.5) is 0 Å². The van der Waals surface area contributed by atoms with E-state index < -0.39 is 0 Å². The van der Waals surface area contributed by atoms with Crippen LogP contribution in [-0.4, -0.2) is 52.9 Å². The van der Waals surface area contributed by atoms with E-state index in [0.29, 0.717) is 5.92 Å². The minimum Gasteiger partial charge on any atom is -0.336 e. The van der Waals surface area contributed by atoms with E-state index in [4.69, 9.17) is 4.98 Å². The molecule has 1 aromatic heterocycles. The summed E-state index contributed by atoms with van der Waals surface area (Å²) in [6.45, 7) is 6.06. The Kier molecular flexibility index (Phi) is 4.83. The van der Waals surface area contributed by atoms with Gasteiger partial charge in [0.15, 0.2) is 0 Å². The van der Waals surface area contributed by atoms with Crippen molar-refractivity contribution in [2.45, 2.75) is 57.9 Å². The third kappa shape index (κ3) is 3.22. The normalized spacial score (nSPS) is 23.9. The molecule has 5 rings (SSSR count). The molecular weight excluding hydrogens is 346 g/mol. The molecule has 2 heterocycles. The van der Waals surface area contributed by atoms with Gasteiger partial charge in [0.2, 0.25) is 0 Å². The van der Waals surface area contributed by atoms with Gasteiger partial charge in [-0.1, -0.05) is 38.0 Å². The van der Waals surface area contributed by atoms with Crippen molar-refractivity contribution in [3.8, 4) is 0 Å². The van der Waals surface area contributed by atoms with Gasteiger partial charge in [-0.2, -0.15) is 0 Å². The van der Waals surface area contributed by atoms with Crippen molar-refractivity contribution in [2.75, 3.05) is 26.2 Å². The average molecular weight is 378 g/mol. The number of fused-ring (bicyclic) bond motifs is 2. The molecule has 4 heteroatoms. The van der Waals surface area contributed by atoms with E-state index in [1.807, 2.05) is 12.1 Å². The minimum absolute atomic E-state index is 0.232. The fourth-order valence-electron chi connectivity index (χ4n) is 5.52. The highest BCUT2D eigenvalue weighted by Gasteiger charge is 2.31. The Morgan fingerprint density at radius 1 is 1.04 bits per heavy atom. The van der Waals surface area contributed by atoms with Crippen LogP contribution in [0.1, 0.15) is 60.6 Å². The van der Waals surface area contributed by atoms with E-state index >= 15 is 0 Å². The lowest BCUT2D eigenvalue weighted by atomic mass is 9.83. The quantitative estimate of drug-likeness (QED) is 0.792. The van der Waals surface area contributed by atoms with Gasteiger partial charge in [-0.3, -0.25) is 14.7 Å². The van der Waals surface area contributed by atoms with Crippen LogP contribution in [0.25, 0.3) is 10.9 Å². The molecule has 4 nitrogen and oxygen atoms in total. The highest BCUT2D eigenvalue weighted by molar-refractivity contribution is 6.07. The van der Waals surface area contributed by atoms with E-state index in [-0.39, 0.29) is 5.91 Å². The number of piperazine rings is 1. The summed E-state index contributed by atoms with van der Waals surface area (Å²) in [4.78, 5) is 23.4. The highest BCUT2D eigenvalue weighted by Crippen LogP contribution is 2.33. The third-order valence-corrected chi connectivity index (χ3v) is 7.16. The largest absolute Gasteiger partial charge is 0.336 e. The maximum absolute atomic E-state index is 13.7. The first kappa shape index (κ1) is 18.1. The monoisotopic (exact) mass is 377 g/mol. The zero-order chi connectivity index (χ0) is 19.1. The molecule has 1 saturated carbocycles. The van der Waals surface area contributed by atoms with Gasteiger partial charge in [-0.25, -0.2) is 0 Å². The second-order valence-electron chi connectivity index (χ2n) is 9.04. The molecule has 1 aliphatic heterocycles. The zero-order valence-electron chi connectivity index (χ0n) is 17.0. The number of aryl methyl sites for hydroxylation is 1. The number of nitrogens with zero attached hydrogens (tertiary/aromatic N) is 3. The SMILES string of the molecule is CC1CCc2nc3ccccc3c(C(=O)N3CCN(C4CCCC4)CC3)c2C1. The van der Waals surface area contributed by atoms with Crippen molar-refractivity contribution in [3.05, 3.63) is 41.1 Å². The summed E-state index contributed by atoms with van der Waals surface area (Å²) in [5, 5.41) is 1.04. The fraction of sp³-hybridized carbons (Fsp3) is 0.583. The summed E-state index contributed by atoms with van der Waals surface area (Å²) >= 11 is 0. The summed E-state index contributed by atoms with van der Waals surface area (Å²) < 4.78 is 0. The minimum atomic E-state index is 0.232. The van der Waals surface area contributed by atoms with Crippen molar-refractivity contribution in [2.24, 2.45) is 5.92 Å². The van der Waals surface area contributed by atoms with Crippen molar-refractivity contribution in [3.63, 3.8) is 0 Å². The van der Waals surface area contributed by atoms with E-state index in [9.17, 15) is 4.79 Å². The van der Waals surface area contributed by atoms with Crippen LogP contribution in [0.15, 0.2) is 24.3 Å². The first-order chi connectivity index (χ1) is 13.7. The Bertz CT molecular complexity index is 879. The number of pyridine rings is 1. The predicted octanol–water partition coefficient (Wildman–Crippen LogP) is 4.06. The number of aromatic nitrogens is 1. The molecule has 28 heavy (non-hydrogen) atoms. The molecule has 148 valence electrons. The van der Waals surface area contributed by atoms with Crippen molar-refractivity contribution in [1.82, 2.24) is 14.8 Å². The van der Waals surface area contributed by atoms with Gasteiger partial charge in [0.1, 0.15) is 0 Å². The first-order valence-electron chi connectivity index (χ1n) is 11.1. The number of rotatable bonds is 2. The average Bonchev–Trinajstić information content (AvgIpc) is 3.27. The standard InChI is InChI=1S/C24H31N3O/c1-17-10-11-22-20(16-17)23(19-8-4-5-9-21(19)25-22)24(28)27-14-12-26(13-15-27)18-6-2-3-7-18/h4-5,8-9,17-18H,2-3,6-7,10-16H2,1H3. The number of hydrogen-bond donors (Lipinski definition) is 0. The predicted molar refractivity (Wildman–Crippen MR) is 113 cm³/mol. The van der Waals surface area contributed by atoms with Crippen molar-refractivity contribution in [1.29, 1.82) is 0 Å². The fourth-order valence-corrected chi connectivity index (χ4v) is 5.52. The zero-order valence-corrected chi connectivity index (χ0v) is 17.0. The lowest BCUT2D eigenvalue weighted by Crippen LogP contribution is -2.51. The molecule has 1 unspecified atom stereocenters. The van der Waals surface area contributed by atoms with Gasteiger partial charge < -0.3 is 4.90 Å². The van der Waals surface area contributed by atoms with Crippen LogP contribution >= 0.6 is 0 Å². The molecule has 0 N–H and O–H groups in total. The summed E-state index contributed by atoms with van der Waals surface area (Å²) in [7, 11) is 0. The number of benzene rings is 1. The number of amides is 1. The topological polar surface area (TPSA) is 36.4 Å². The summed E-state index contributed by atoms with van der Waals surface area (Å²) in [6.07, 6.45) is 8.58. The summed E-state index contributed by atoms with van der Waals surface area (Å²) in [5.41, 5.74) is 4.30. The number of para-hydroxylation sites is 1. The van der Waals surface area contributed by atoms with Gasteiger partial charge in [-0.05, 0) is 49.7 Å². The molecule has 2 aliphatic carbocycles. The molecule has 0 radical (unpaired) electrons. The van der Waals surface area contributed by atoms with Gasteiger partial charge in [0.25, 0.3) is 5.91 Å². The molecule has 2 aromatic rings. The van der Waals surface area contributed by atoms with Crippen LogP contribution < -0.4 is 0 Å². The Morgan fingerprint density at radius 3 is 2.57 bits per heavy atom. The number of carbonyl (C=O) groups excluding carboxylic acids is 1. The Balaban J connectivity index is 1.45. The van der Waals surface area contributed by atoms with Crippen LogP contribution in [0.2, 0.25) is 0 Å². The summed E-state index contributed by atoms with van der Waals surface area (Å²) in [6, 6.07) is 8.97. The van der Waals surface area contributed by atoms with Gasteiger partial charge in [0.05, 0.1) is 11.1 Å². The van der Waals surface area contributed by atoms with E-state index in [1.54, 1.807) is 0 Å². The van der Waals surface area contributed by atoms with Gasteiger partial charge in [0, 0.05) is 43.3 Å². The van der Waals surface area contributed by atoms with Crippen LogP contribution in [-0.2, 0) is 12.8 Å². The molecule has 1 atom stereocenters. The van der Waals surface area contributed by atoms with Crippen LogP contribution in [0.5, 0.6) is 0 Å². The molecular formula is C24H31N3O. The first-order valence-corrected chi connectivity index (χ1v) is 11.1. The molecule has 2 fully saturated rings. The Hall–Kier alpha value is -1.94. The summed E-state index contributed by atoms with van der Waals surface area (Å²) in [5.74, 6) is 0.858. The Morgan fingerprint density at radius 2 is 1.79 bits per heavy atom. The second kappa shape index (κ2) is 7.47. The smallest absolute Gasteiger partial charge is 0.254 e. The lowest BCUT2D eigenvalue weighted by Gasteiger charge is -2.38. The lowest BCUT2D eigenvalue weighted by molar-refractivity contribution is 0.0573. The molecule has 1 aromatic carbocycles. The molecule has 3 aliphatic rings. The molecule has 0 bridgehead atoms. The second-order valence-corrected chi connectivity index (χ2v) is 9.04. The maximum Gasteiger partial charge on any atom is 0.254 e. The number of carbonyl (C=O) groups is 1. The number of hydrogen-bond acceptors (Lipinski definition) is 3. The van der Waals surface area contributed by atoms with E-state index in [1.165, 1.54) is 37.7 Å². The highest BCUT2D eigenvalue weighted by atomic mass is 16.2. The van der Waals surface area contributed by atoms with Crippen LogP contribution in [0.3, 0.4) is 0 Å². The van der Waals surface area contributed by atoms with Crippen molar-refractivity contribution < 1.29 is 4.79 Å². The van der Waals surface area contributed by atoms with E-state index in [0.717, 1.165) is 67.2 Å². The molecule has 1 saturated heterocycles. The molecule has 1 amide bonds. The van der Waals surface area contributed by atoms with Gasteiger partial charge in [-0.15, -0.1) is 0 Å².